The molecule has 0 radical (unpaired) electrons. The summed E-state index contributed by atoms with van der Waals surface area (Å²) in [5, 5.41) is 20.6. The second-order valence-electron chi connectivity index (χ2n) is 8.40. The third-order valence-electron chi connectivity index (χ3n) is 4.63. The van der Waals surface area contributed by atoms with Crippen molar-refractivity contribution in [1.29, 1.82) is 5.26 Å². The molecule has 3 atom stereocenters. The average Bonchev–Trinajstić information content (AvgIpc) is 2.64. The largest absolute Gasteiger partial charge is 0.598 e. The van der Waals surface area contributed by atoms with Gasteiger partial charge in [-0.2, -0.15) is 5.26 Å². The Kier molecular flexibility index (Phi) is 8.35. The van der Waals surface area contributed by atoms with Crippen LogP contribution >= 0.6 is 0 Å². The average molecular weight is 478 g/mol. The van der Waals surface area contributed by atoms with Gasteiger partial charge in [-0.15, -0.1) is 4.72 Å². The summed E-state index contributed by atoms with van der Waals surface area (Å²) in [6.07, 6.45) is 0.502. The Morgan fingerprint density at radius 3 is 2.32 bits per heavy atom. The van der Waals surface area contributed by atoms with Gasteiger partial charge < -0.3 is 4.55 Å². The normalized spacial score (nSPS) is 17.5. The van der Waals surface area contributed by atoms with Gasteiger partial charge in [0.25, 0.3) is 5.69 Å². The maximum absolute atomic E-state index is 14.7. The molecule has 0 fully saturated rings. The van der Waals surface area contributed by atoms with E-state index in [4.69, 9.17) is 0 Å². The van der Waals surface area contributed by atoms with Gasteiger partial charge in [0.05, 0.1) is 23.1 Å². The summed E-state index contributed by atoms with van der Waals surface area (Å²) in [7, 11) is -4.40. The zero-order chi connectivity index (χ0) is 24.3. The number of nitro groups is 1. The fraction of sp³-hybridized carbons (Fsp3) is 0.526. The van der Waals surface area contributed by atoms with Gasteiger partial charge >= 0.3 is 0 Å². The minimum Gasteiger partial charge on any atom is -0.598 e. The molecule has 0 aliphatic rings. The Morgan fingerprint density at radius 2 is 1.87 bits per heavy atom. The predicted molar refractivity (Wildman–Crippen MR) is 114 cm³/mol. The number of allylic oxidation sites excluding steroid dienone is 1. The molecule has 172 valence electrons. The minimum atomic E-state index is -4.40. The lowest BCUT2D eigenvalue weighted by Crippen LogP contribution is -2.55. The lowest BCUT2D eigenvalue weighted by Gasteiger charge is -2.36. The SMILES string of the molecule is CC(C)(C)[S+]([O-])N[C@@](C)(CS(=O)(=O)C(C)(C#N)CC=CF)c1cc([N+](=O)[O-])ccc1F. The summed E-state index contributed by atoms with van der Waals surface area (Å²) in [5.41, 5.74) is -2.80. The molecular formula is C19H25F2N3O5S2. The Bertz CT molecular complexity index is 1000. The van der Waals surface area contributed by atoms with Crippen LogP contribution in [-0.2, 0) is 26.7 Å². The molecule has 0 spiro atoms. The zero-order valence-electron chi connectivity index (χ0n) is 17.8. The molecule has 1 rings (SSSR count). The minimum absolute atomic E-state index is 0.109. The summed E-state index contributed by atoms with van der Waals surface area (Å²) in [6.45, 7) is 7.12. The number of nitrogens with one attached hydrogen (secondary N) is 1. The van der Waals surface area contributed by atoms with Gasteiger partial charge in [-0.1, -0.05) is 6.08 Å². The van der Waals surface area contributed by atoms with Crippen LogP contribution in [0.4, 0.5) is 14.5 Å². The summed E-state index contributed by atoms with van der Waals surface area (Å²) in [6, 6.07) is 4.24. The van der Waals surface area contributed by atoms with Crippen molar-refractivity contribution < 1.29 is 26.7 Å². The van der Waals surface area contributed by atoms with E-state index >= 15 is 0 Å². The van der Waals surface area contributed by atoms with Crippen molar-refractivity contribution in [3.8, 4) is 6.07 Å². The fourth-order valence-corrected chi connectivity index (χ4v) is 5.40. The van der Waals surface area contributed by atoms with Gasteiger partial charge in [0.15, 0.2) is 14.6 Å². The number of sulfone groups is 1. The van der Waals surface area contributed by atoms with Gasteiger partial charge in [0, 0.05) is 35.5 Å². The first-order valence-electron chi connectivity index (χ1n) is 9.06. The molecule has 2 unspecified atom stereocenters. The topological polar surface area (TPSA) is 136 Å². The number of nitriles is 1. The summed E-state index contributed by atoms with van der Waals surface area (Å²) >= 11 is -1.91. The van der Waals surface area contributed by atoms with E-state index in [0.717, 1.165) is 31.2 Å². The molecule has 0 amide bonds. The van der Waals surface area contributed by atoms with Crippen molar-refractivity contribution >= 4 is 26.9 Å². The van der Waals surface area contributed by atoms with Crippen LogP contribution in [-0.4, -0.2) is 33.1 Å². The number of benzene rings is 1. The van der Waals surface area contributed by atoms with Crippen LogP contribution in [0.5, 0.6) is 0 Å². The van der Waals surface area contributed by atoms with Gasteiger partial charge in [0.2, 0.25) is 0 Å². The molecule has 1 aromatic carbocycles. The van der Waals surface area contributed by atoms with Crippen molar-refractivity contribution in [2.24, 2.45) is 0 Å². The third-order valence-corrected chi connectivity index (χ3v) is 8.96. The first-order valence-corrected chi connectivity index (χ1v) is 11.9. The molecule has 1 N–H and O–H groups in total. The lowest BCUT2D eigenvalue weighted by atomic mass is 9.94. The monoisotopic (exact) mass is 477 g/mol. The van der Waals surface area contributed by atoms with Crippen molar-refractivity contribution in [1.82, 2.24) is 4.72 Å². The summed E-state index contributed by atoms with van der Waals surface area (Å²) in [5.74, 6) is -1.88. The maximum Gasteiger partial charge on any atom is 0.269 e. The molecule has 12 heteroatoms. The standard InChI is InChI=1S/C19H25F2N3O5S2/c1-17(2,3)30(27)23-19(5,15-11-14(24(25)26)7-8-16(15)21)13-31(28,29)18(4,12-22)9-6-10-20/h6-8,10-11,23H,9,13H2,1-5H3/t18?,19-,30?/m0/s1. The Balaban J connectivity index is 3.68. The van der Waals surface area contributed by atoms with E-state index in [1.807, 2.05) is 0 Å². The number of rotatable bonds is 9. The van der Waals surface area contributed by atoms with Crippen molar-refractivity contribution in [2.45, 2.75) is 56.1 Å². The summed E-state index contributed by atoms with van der Waals surface area (Å²) in [4.78, 5) is 10.4. The Hall–Kier alpha value is -2.07. The Morgan fingerprint density at radius 1 is 1.29 bits per heavy atom. The second-order valence-corrected chi connectivity index (χ2v) is 12.8. The van der Waals surface area contributed by atoms with E-state index in [1.54, 1.807) is 26.8 Å². The molecule has 0 aliphatic carbocycles. The second kappa shape index (κ2) is 9.60. The third kappa shape index (κ3) is 6.22. The van der Waals surface area contributed by atoms with Gasteiger partial charge in [-0.3, -0.25) is 10.1 Å². The summed E-state index contributed by atoms with van der Waals surface area (Å²) < 4.78 is 66.0. The van der Waals surface area contributed by atoms with Crippen LogP contribution in [0.25, 0.3) is 0 Å². The number of hydrogen-bond donors (Lipinski definition) is 1. The quantitative estimate of drug-likeness (QED) is 0.326. The van der Waals surface area contributed by atoms with E-state index in [1.165, 1.54) is 6.92 Å². The highest BCUT2D eigenvalue weighted by Crippen LogP contribution is 2.35. The van der Waals surface area contributed by atoms with E-state index in [0.29, 0.717) is 0 Å². The van der Waals surface area contributed by atoms with Crippen LogP contribution in [0.3, 0.4) is 0 Å². The molecule has 0 heterocycles. The number of non-ortho nitro benzene ring substituents is 1. The number of nitrogens with zero attached hydrogens (tertiary/aromatic N) is 2. The lowest BCUT2D eigenvalue weighted by molar-refractivity contribution is -0.385. The molecule has 0 bridgehead atoms. The molecule has 0 saturated carbocycles. The molecular weight excluding hydrogens is 452 g/mol. The van der Waals surface area contributed by atoms with Crippen LogP contribution in [0.15, 0.2) is 30.6 Å². The van der Waals surface area contributed by atoms with E-state index in [-0.39, 0.29) is 6.33 Å². The first kappa shape index (κ1) is 27.0. The highest BCUT2D eigenvalue weighted by atomic mass is 32.2. The molecule has 0 aromatic heterocycles. The van der Waals surface area contributed by atoms with E-state index in [2.05, 4.69) is 4.72 Å². The zero-order valence-corrected chi connectivity index (χ0v) is 19.4. The number of halogens is 2. The van der Waals surface area contributed by atoms with Crippen LogP contribution in [0.1, 0.15) is 46.6 Å². The van der Waals surface area contributed by atoms with Crippen LogP contribution < -0.4 is 4.72 Å². The van der Waals surface area contributed by atoms with Crippen molar-refractivity contribution in [2.75, 3.05) is 5.75 Å². The highest BCUT2D eigenvalue weighted by Gasteiger charge is 2.48. The van der Waals surface area contributed by atoms with E-state index in [9.17, 15) is 37.1 Å². The maximum atomic E-state index is 14.7. The van der Waals surface area contributed by atoms with Gasteiger partial charge in [0.1, 0.15) is 16.1 Å². The molecule has 8 nitrogen and oxygen atoms in total. The molecule has 31 heavy (non-hydrogen) atoms. The Labute approximate surface area is 183 Å². The first-order chi connectivity index (χ1) is 14.0. The molecule has 0 saturated heterocycles. The predicted octanol–water partition coefficient (Wildman–Crippen LogP) is 3.57. The number of nitro benzene ring substituents is 1. The highest BCUT2D eigenvalue weighted by molar-refractivity contribution is 7.93. The van der Waals surface area contributed by atoms with Crippen molar-refractivity contribution in [3.63, 3.8) is 0 Å². The smallest absolute Gasteiger partial charge is 0.269 e. The van der Waals surface area contributed by atoms with E-state index < -0.39 is 70.4 Å². The fourth-order valence-electron chi connectivity index (χ4n) is 2.62. The van der Waals surface area contributed by atoms with Gasteiger partial charge in [-0.25, -0.2) is 17.2 Å². The molecule has 0 aliphatic heterocycles. The number of hydrogen-bond acceptors (Lipinski definition) is 7. The van der Waals surface area contributed by atoms with Crippen LogP contribution in [0.2, 0.25) is 0 Å². The molecule has 1 aromatic rings. The van der Waals surface area contributed by atoms with Crippen LogP contribution in [0, 0.1) is 27.3 Å². The van der Waals surface area contributed by atoms with Crippen molar-refractivity contribution in [3.05, 3.63) is 52.1 Å². The van der Waals surface area contributed by atoms with Gasteiger partial charge in [-0.05, 0) is 40.7 Å².